The lowest BCUT2D eigenvalue weighted by Gasteiger charge is -2.28. The van der Waals surface area contributed by atoms with Gasteiger partial charge < -0.3 is 30.3 Å². The van der Waals surface area contributed by atoms with Gasteiger partial charge in [0, 0.05) is 42.6 Å². The van der Waals surface area contributed by atoms with Crippen molar-refractivity contribution in [3.63, 3.8) is 0 Å². The number of aliphatic imine (C=N–C) groups is 1. The van der Waals surface area contributed by atoms with Crippen LogP contribution in [0.2, 0.25) is 0 Å². The quantitative estimate of drug-likeness (QED) is 0.398. The number of anilines is 2. The summed E-state index contributed by atoms with van der Waals surface area (Å²) < 4.78 is 5.42. The normalized spacial score (nSPS) is 29.1. The van der Waals surface area contributed by atoms with E-state index in [1.165, 1.54) is 11.3 Å². The minimum absolute atomic E-state index is 0.0815. The molecule has 5 rings (SSSR count). The van der Waals surface area contributed by atoms with Gasteiger partial charge in [-0.1, -0.05) is 0 Å². The Bertz CT molecular complexity index is 1140. The number of rotatable bonds is 5. The highest BCUT2D eigenvalue weighted by Crippen LogP contribution is 2.38. The third-order valence-electron chi connectivity index (χ3n) is 6.74. The number of aromatic amines is 1. The Morgan fingerprint density at radius 2 is 2.00 bits per heavy atom. The summed E-state index contributed by atoms with van der Waals surface area (Å²) >= 11 is 1.45. The molecule has 5 atom stereocenters. The van der Waals surface area contributed by atoms with Gasteiger partial charge in [-0.05, 0) is 20.3 Å². The molecule has 0 bridgehead atoms. The largest absolute Gasteiger partial charge is 0.396 e. The van der Waals surface area contributed by atoms with Gasteiger partial charge in [-0.25, -0.2) is 4.98 Å². The molecule has 2 aromatic heterocycles. The van der Waals surface area contributed by atoms with E-state index in [2.05, 4.69) is 15.3 Å². The molecule has 2 aromatic rings. The fourth-order valence-electron chi connectivity index (χ4n) is 4.91. The molecule has 2 fully saturated rings. The van der Waals surface area contributed by atoms with E-state index in [-0.39, 0.29) is 18.2 Å². The van der Waals surface area contributed by atoms with E-state index >= 15 is 0 Å². The van der Waals surface area contributed by atoms with Crippen molar-refractivity contribution in [3.05, 3.63) is 20.9 Å². The first-order valence-corrected chi connectivity index (χ1v) is 12.4. The zero-order valence-electron chi connectivity index (χ0n) is 19.2. The molecule has 0 radical (unpaired) electrons. The van der Waals surface area contributed by atoms with Crippen LogP contribution in [0.1, 0.15) is 36.9 Å². The summed E-state index contributed by atoms with van der Waals surface area (Å²) in [6.45, 7) is 6.01. The van der Waals surface area contributed by atoms with Crippen LogP contribution in [0.5, 0.6) is 0 Å². The molecule has 4 heterocycles. The molecule has 11 nitrogen and oxygen atoms in total. The fourth-order valence-corrected chi connectivity index (χ4v) is 6.18. The van der Waals surface area contributed by atoms with Gasteiger partial charge >= 0.3 is 0 Å². The van der Waals surface area contributed by atoms with Crippen molar-refractivity contribution in [2.24, 2.45) is 10.9 Å². The number of H-pyrrole nitrogens is 1. The second-order valence-corrected chi connectivity index (χ2v) is 10.3. The van der Waals surface area contributed by atoms with Gasteiger partial charge in [0.2, 0.25) is 5.95 Å². The van der Waals surface area contributed by atoms with Crippen LogP contribution in [-0.2, 0) is 11.2 Å². The molecule has 184 valence electrons. The Balaban J connectivity index is 1.56. The van der Waals surface area contributed by atoms with Crippen molar-refractivity contribution >= 4 is 28.8 Å². The summed E-state index contributed by atoms with van der Waals surface area (Å²) in [5.41, 5.74) is 1.86. The van der Waals surface area contributed by atoms with Crippen molar-refractivity contribution in [1.82, 2.24) is 15.0 Å². The van der Waals surface area contributed by atoms with E-state index in [1.54, 1.807) is 0 Å². The Kier molecular flexibility index (Phi) is 6.42. The second kappa shape index (κ2) is 9.34. The lowest BCUT2D eigenvalue weighted by atomic mass is 10.1. The molecule has 5 N–H and O–H groups in total. The van der Waals surface area contributed by atoms with Crippen molar-refractivity contribution in [2.45, 2.75) is 51.0 Å². The molecular weight excluding hydrogens is 460 g/mol. The van der Waals surface area contributed by atoms with E-state index in [4.69, 9.17) is 14.7 Å². The summed E-state index contributed by atoms with van der Waals surface area (Å²) in [5.74, 6) is 0.265. The molecule has 3 aliphatic rings. The highest BCUT2D eigenvalue weighted by Gasteiger charge is 2.42. The molecule has 0 amide bonds. The predicted octanol–water partition coefficient (Wildman–Crippen LogP) is 0.322. The molecular formula is C22H30N6O5S. The van der Waals surface area contributed by atoms with E-state index in [0.717, 1.165) is 16.3 Å². The number of hydrogen-bond acceptors (Lipinski definition) is 11. The number of ether oxygens (including phenoxy) is 1. The van der Waals surface area contributed by atoms with E-state index in [1.807, 2.05) is 18.7 Å². The predicted molar refractivity (Wildman–Crippen MR) is 129 cm³/mol. The molecule has 12 heteroatoms. The molecule has 34 heavy (non-hydrogen) atoms. The third-order valence-corrected chi connectivity index (χ3v) is 7.83. The number of nitrogens with one attached hydrogen (secondary N) is 2. The van der Waals surface area contributed by atoms with Crippen molar-refractivity contribution in [3.8, 4) is 10.6 Å². The number of morpholine rings is 1. The first kappa shape index (κ1) is 23.4. The Morgan fingerprint density at radius 1 is 1.24 bits per heavy atom. The van der Waals surface area contributed by atoms with Crippen LogP contribution in [0.25, 0.3) is 10.6 Å². The standard InChI is InChI=1S/C22H30N6O5S/c1-10-7-14-16(11(2)23-10)25-21(34-14)15-19(24-13-8-12(9-29)17(30)18(13)31)26-22(27-20(15)32)28-3-5-33-6-4-28/h11-13,17-18,29-31H,3-9H2,1-2H3,(H2,24,26,27,32). The van der Waals surface area contributed by atoms with Crippen LogP contribution < -0.4 is 15.8 Å². The van der Waals surface area contributed by atoms with E-state index in [0.29, 0.717) is 61.5 Å². The maximum atomic E-state index is 13.4. The van der Waals surface area contributed by atoms with Crippen molar-refractivity contribution in [1.29, 1.82) is 0 Å². The number of aromatic nitrogens is 3. The maximum absolute atomic E-state index is 13.4. The van der Waals surface area contributed by atoms with Crippen LogP contribution in [0.3, 0.4) is 0 Å². The smallest absolute Gasteiger partial charge is 0.264 e. The number of aliphatic hydroxyl groups is 3. The van der Waals surface area contributed by atoms with Gasteiger partial charge in [0.15, 0.2) is 0 Å². The number of nitrogens with zero attached hydrogens (tertiary/aromatic N) is 4. The van der Waals surface area contributed by atoms with Crippen LogP contribution in [0.15, 0.2) is 9.79 Å². The number of thiazole rings is 1. The molecule has 1 aliphatic carbocycles. The zero-order valence-corrected chi connectivity index (χ0v) is 20.0. The van der Waals surface area contributed by atoms with Crippen molar-refractivity contribution in [2.75, 3.05) is 43.1 Å². The lowest BCUT2D eigenvalue weighted by molar-refractivity contribution is 0.00446. The molecule has 5 unspecified atom stereocenters. The van der Waals surface area contributed by atoms with E-state index < -0.39 is 24.2 Å². The molecule has 0 spiro atoms. The molecule has 1 saturated heterocycles. The third kappa shape index (κ3) is 4.24. The fraction of sp³-hybridized carbons (Fsp3) is 0.636. The average Bonchev–Trinajstić information content (AvgIpc) is 3.35. The Morgan fingerprint density at radius 3 is 2.71 bits per heavy atom. The van der Waals surface area contributed by atoms with Crippen LogP contribution >= 0.6 is 11.3 Å². The summed E-state index contributed by atoms with van der Waals surface area (Å²) in [7, 11) is 0. The number of aliphatic hydroxyl groups excluding tert-OH is 3. The highest BCUT2D eigenvalue weighted by atomic mass is 32.1. The Hall–Kier alpha value is -2.38. The van der Waals surface area contributed by atoms with Gasteiger partial charge in [0.05, 0.1) is 37.1 Å². The first-order chi connectivity index (χ1) is 16.4. The van der Waals surface area contributed by atoms with Gasteiger partial charge in [-0.2, -0.15) is 4.98 Å². The minimum Gasteiger partial charge on any atom is -0.396 e. The second-order valence-electron chi connectivity index (χ2n) is 9.17. The zero-order chi connectivity index (χ0) is 24.0. The Labute approximate surface area is 200 Å². The van der Waals surface area contributed by atoms with Crippen LogP contribution in [-0.4, -0.2) is 87.1 Å². The summed E-state index contributed by atoms with van der Waals surface area (Å²) in [6, 6.07) is -0.654. The summed E-state index contributed by atoms with van der Waals surface area (Å²) in [5, 5.41) is 34.2. The molecule has 2 aliphatic heterocycles. The van der Waals surface area contributed by atoms with Crippen LogP contribution in [0, 0.1) is 5.92 Å². The van der Waals surface area contributed by atoms with Gasteiger partial charge in [0.1, 0.15) is 22.5 Å². The number of hydrogen-bond donors (Lipinski definition) is 5. The van der Waals surface area contributed by atoms with Gasteiger partial charge in [0.25, 0.3) is 5.56 Å². The van der Waals surface area contributed by atoms with Crippen LogP contribution in [0.4, 0.5) is 11.8 Å². The highest BCUT2D eigenvalue weighted by molar-refractivity contribution is 7.15. The number of fused-ring (bicyclic) bond motifs is 1. The van der Waals surface area contributed by atoms with Crippen molar-refractivity contribution < 1.29 is 20.1 Å². The van der Waals surface area contributed by atoms with Gasteiger partial charge in [-0.15, -0.1) is 11.3 Å². The SMILES string of the molecule is CC1=NC(C)c2nc(-c3c(NC4CC(CO)C(O)C4O)nc(N4CCOCC4)[nH]c3=O)sc2C1. The first-order valence-electron chi connectivity index (χ1n) is 11.6. The molecule has 0 aromatic carbocycles. The molecule has 1 saturated carbocycles. The van der Waals surface area contributed by atoms with Gasteiger partial charge in [-0.3, -0.25) is 14.8 Å². The summed E-state index contributed by atoms with van der Waals surface area (Å²) in [4.78, 5) is 33.4. The summed E-state index contributed by atoms with van der Waals surface area (Å²) in [6.07, 6.45) is -1.11. The van der Waals surface area contributed by atoms with E-state index in [9.17, 15) is 20.1 Å². The lowest BCUT2D eigenvalue weighted by Crippen LogP contribution is -2.39. The monoisotopic (exact) mass is 490 g/mol. The minimum atomic E-state index is -1.10. The maximum Gasteiger partial charge on any atom is 0.264 e. The topological polar surface area (TPSA) is 156 Å². The average molecular weight is 491 g/mol.